The van der Waals surface area contributed by atoms with Crippen LogP contribution in [0.2, 0.25) is 0 Å². The van der Waals surface area contributed by atoms with Gasteiger partial charge in [0.2, 0.25) is 5.91 Å². The minimum Gasteiger partial charge on any atom is -0.497 e. The fourth-order valence-electron chi connectivity index (χ4n) is 3.92. The van der Waals surface area contributed by atoms with Crippen molar-refractivity contribution in [3.05, 3.63) is 120 Å². The molecule has 5 aromatic rings. The molecule has 0 fully saturated rings. The van der Waals surface area contributed by atoms with Crippen LogP contribution in [0.5, 0.6) is 5.75 Å². The molecule has 1 unspecified atom stereocenters. The molecule has 3 N–H and O–H groups in total. The van der Waals surface area contributed by atoms with Crippen LogP contribution in [-0.2, 0) is 4.79 Å². The minimum atomic E-state index is -0.491. The van der Waals surface area contributed by atoms with Gasteiger partial charge in [0.1, 0.15) is 11.0 Å². The van der Waals surface area contributed by atoms with Crippen LogP contribution in [0.25, 0.3) is 11.3 Å². The molecular formula is C31H26N4O2S3. The van der Waals surface area contributed by atoms with Gasteiger partial charge in [-0.3, -0.25) is 4.79 Å². The quantitative estimate of drug-likeness (QED) is 0.120. The maximum Gasteiger partial charge on any atom is 0.244 e. The van der Waals surface area contributed by atoms with E-state index in [1.165, 1.54) is 23.1 Å². The van der Waals surface area contributed by atoms with Crippen LogP contribution in [0.3, 0.4) is 0 Å². The van der Waals surface area contributed by atoms with Crippen molar-refractivity contribution in [2.24, 2.45) is 0 Å². The zero-order valence-electron chi connectivity index (χ0n) is 21.5. The SMILES string of the molecule is COc1cccc(-c2csc(NC(=O)C(Sc3cccc(NC(=S)Nc4ccccc4)c3)c3ccccc3)n2)c1. The number of hydrogen-bond acceptors (Lipinski definition) is 6. The number of thioether (sulfide) groups is 1. The third-order valence-corrected chi connectivity index (χ3v) is 8.03. The van der Waals surface area contributed by atoms with Gasteiger partial charge in [0.05, 0.1) is 12.8 Å². The fraction of sp³-hybridized carbons (Fsp3) is 0.0645. The van der Waals surface area contributed by atoms with E-state index in [9.17, 15) is 4.79 Å². The van der Waals surface area contributed by atoms with Gasteiger partial charge < -0.3 is 20.7 Å². The van der Waals surface area contributed by atoms with Crippen molar-refractivity contribution in [2.75, 3.05) is 23.1 Å². The Morgan fingerprint density at radius 3 is 2.33 bits per heavy atom. The first-order chi connectivity index (χ1) is 19.6. The van der Waals surface area contributed by atoms with Crippen molar-refractivity contribution in [3.63, 3.8) is 0 Å². The first-order valence-electron chi connectivity index (χ1n) is 12.4. The summed E-state index contributed by atoms with van der Waals surface area (Å²) in [5.74, 6) is 0.604. The number of para-hydroxylation sites is 1. The Balaban J connectivity index is 1.31. The molecule has 0 aliphatic heterocycles. The summed E-state index contributed by atoms with van der Waals surface area (Å²) in [6.45, 7) is 0. The van der Waals surface area contributed by atoms with Gasteiger partial charge >= 0.3 is 0 Å². The predicted octanol–water partition coefficient (Wildman–Crippen LogP) is 8.10. The van der Waals surface area contributed by atoms with Crippen molar-refractivity contribution >= 4 is 62.8 Å². The number of benzene rings is 4. The smallest absolute Gasteiger partial charge is 0.244 e. The van der Waals surface area contributed by atoms with E-state index >= 15 is 0 Å². The van der Waals surface area contributed by atoms with Crippen molar-refractivity contribution < 1.29 is 9.53 Å². The third kappa shape index (κ3) is 7.26. The average molecular weight is 583 g/mol. The molecule has 0 saturated heterocycles. The van der Waals surface area contributed by atoms with Crippen LogP contribution in [0.1, 0.15) is 10.8 Å². The van der Waals surface area contributed by atoms with Gasteiger partial charge in [0.15, 0.2) is 10.2 Å². The molecule has 0 radical (unpaired) electrons. The Bertz CT molecular complexity index is 1590. The maximum atomic E-state index is 13.6. The van der Waals surface area contributed by atoms with Gasteiger partial charge in [-0.2, -0.15) is 0 Å². The number of rotatable bonds is 9. The zero-order valence-corrected chi connectivity index (χ0v) is 24.0. The van der Waals surface area contributed by atoms with E-state index < -0.39 is 5.25 Å². The standard InChI is InChI=1S/C31H26N4O2S3/c1-37-25-16-8-12-22(18-25)27-20-39-31(34-27)35-29(36)28(21-10-4-2-5-11-21)40-26-17-9-15-24(19-26)33-30(38)32-23-13-6-3-7-14-23/h2-20,28H,1H3,(H2,32,33,38)(H,34,35,36). The highest BCUT2D eigenvalue weighted by atomic mass is 32.2. The van der Waals surface area contributed by atoms with E-state index in [2.05, 4.69) is 20.9 Å². The molecule has 1 amide bonds. The number of thiazole rings is 1. The molecule has 0 saturated carbocycles. The Hall–Kier alpha value is -4.18. The number of amides is 1. The number of hydrogen-bond donors (Lipinski definition) is 3. The van der Waals surface area contributed by atoms with Crippen LogP contribution in [0.15, 0.2) is 119 Å². The lowest BCUT2D eigenvalue weighted by Gasteiger charge is -2.17. The van der Waals surface area contributed by atoms with Crippen LogP contribution in [0.4, 0.5) is 16.5 Å². The number of methoxy groups -OCH3 is 1. The number of ether oxygens (including phenoxy) is 1. The minimum absolute atomic E-state index is 0.151. The molecule has 0 spiro atoms. The van der Waals surface area contributed by atoms with E-state index in [1.807, 2.05) is 115 Å². The summed E-state index contributed by atoms with van der Waals surface area (Å²) in [6, 6.07) is 35.0. The van der Waals surface area contributed by atoms with Crippen LogP contribution >= 0.6 is 35.3 Å². The van der Waals surface area contributed by atoms with E-state index in [4.69, 9.17) is 17.0 Å². The number of anilines is 3. The van der Waals surface area contributed by atoms with Crippen LogP contribution < -0.4 is 20.7 Å². The summed E-state index contributed by atoms with van der Waals surface area (Å²) in [7, 11) is 1.63. The highest BCUT2D eigenvalue weighted by Gasteiger charge is 2.23. The van der Waals surface area contributed by atoms with Crippen LogP contribution in [-0.4, -0.2) is 23.1 Å². The fourth-order valence-corrected chi connectivity index (χ4v) is 5.96. The molecule has 9 heteroatoms. The molecule has 1 atom stereocenters. The lowest BCUT2D eigenvalue weighted by atomic mass is 10.1. The lowest BCUT2D eigenvalue weighted by molar-refractivity contribution is -0.115. The number of nitrogens with one attached hydrogen (secondary N) is 3. The Kier molecular flexibility index (Phi) is 9.07. The Labute approximate surface area is 246 Å². The number of aromatic nitrogens is 1. The molecule has 0 aliphatic carbocycles. The van der Waals surface area contributed by atoms with Gasteiger partial charge in [-0.05, 0) is 60.2 Å². The van der Waals surface area contributed by atoms with Gasteiger partial charge in [0, 0.05) is 27.2 Å². The maximum absolute atomic E-state index is 13.6. The second-order valence-corrected chi connectivity index (χ2v) is 11.1. The molecule has 1 aromatic heterocycles. The summed E-state index contributed by atoms with van der Waals surface area (Å²) in [6.07, 6.45) is 0. The number of carbonyl (C=O) groups excluding carboxylic acids is 1. The molecule has 200 valence electrons. The summed E-state index contributed by atoms with van der Waals surface area (Å²) in [4.78, 5) is 19.2. The first-order valence-corrected chi connectivity index (χ1v) is 14.6. The van der Waals surface area contributed by atoms with E-state index in [-0.39, 0.29) is 5.91 Å². The number of thiocarbonyl (C=S) groups is 1. The van der Waals surface area contributed by atoms with Gasteiger partial charge in [0.25, 0.3) is 0 Å². The number of carbonyl (C=O) groups is 1. The summed E-state index contributed by atoms with van der Waals surface area (Å²) in [5, 5.41) is 11.9. The molecule has 0 aliphatic rings. The highest BCUT2D eigenvalue weighted by molar-refractivity contribution is 8.00. The molecule has 40 heavy (non-hydrogen) atoms. The second kappa shape index (κ2) is 13.3. The summed E-state index contributed by atoms with van der Waals surface area (Å²) >= 11 is 8.34. The average Bonchev–Trinajstić information content (AvgIpc) is 3.45. The monoisotopic (exact) mass is 582 g/mol. The van der Waals surface area contributed by atoms with Gasteiger partial charge in [-0.25, -0.2) is 4.98 Å². The van der Waals surface area contributed by atoms with E-state index in [0.29, 0.717) is 10.2 Å². The molecule has 1 heterocycles. The van der Waals surface area contributed by atoms with Gasteiger partial charge in [-0.15, -0.1) is 23.1 Å². The summed E-state index contributed by atoms with van der Waals surface area (Å²) < 4.78 is 5.33. The van der Waals surface area contributed by atoms with Crippen molar-refractivity contribution in [1.82, 2.24) is 4.98 Å². The molecule has 5 rings (SSSR count). The molecular weight excluding hydrogens is 557 g/mol. The topological polar surface area (TPSA) is 75.3 Å². The highest BCUT2D eigenvalue weighted by Crippen LogP contribution is 2.38. The largest absolute Gasteiger partial charge is 0.497 e. The molecule has 0 bridgehead atoms. The second-order valence-electron chi connectivity index (χ2n) is 8.64. The Morgan fingerprint density at radius 2 is 1.55 bits per heavy atom. The zero-order chi connectivity index (χ0) is 27.7. The predicted molar refractivity (Wildman–Crippen MR) is 170 cm³/mol. The molecule has 6 nitrogen and oxygen atoms in total. The lowest BCUT2D eigenvalue weighted by Crippen LogP contribution is -2.19. The van der Waals surface area contributed by atoms with Crippen molar-refractivity contribution in [3.8, 4) is 17.0 Å². The third-order valence-electron chi connectivity index (χ3n) is 5.82. The number of nitrogens with zero attached hydrogens (tertiary/aromatic N) is 1. The molecule has 4 aromatic carbocycles. The van der Waals surface area contributed by atoms with E-state index in [0.717, 1.165) is 38.8 Å². The summed E-state index contributed by atoms with van der Waals surface area (Å²) in [5.41, 5.74) is 4.34. The normalized spacial score (nSPS) is 11.3. The van der Waals surface area contributed by atoms with Crippen molar-refractivity contribution in [2.45, 2.75) is 10.1 Å². The Morgan fingerprint density at radius 1 is 0.850 bits per heavy atom. The van der Waals surface area contributed by atoms with Crippen molar-refractivity contribution in [1.29, 1.82) is 0 Å². The first kappa shape index (κ1) is 27.4. The van der Waals surface area contributed by atoms with E-state index in [1.54, 1.807) is 7.11 Å². The van der Waals surface area contributed by atoms with Crippen LogP contribution in [0, 0.1) is 0 Å². The van der Waals surface area contributed by atoms with Gasteiger partial charge in [-0.1, -0.05) is 66.7 Å².